The van der Waals surface area contributed by atoms with Gasteiger partial charge in [-0.1, -0.05) is 0 Å². The minimum absolute atomic E-state index is 0.777. The van der Waals surface area contributed by atoms with E-state index in [4.69, 9.17) is 0 Å². The molecule has 1 aromatic rings. The van der Waals surface area contributed by atoms with E-state index >= 15 is 0 Å². The molecular formula is C10H14BrN3. The molecule has 0 unspecified atom stereocenters. The molecule has 0 N–H and O–H groups in total. The Morgan fingerprint density at radius 1 is 1.36 bits per heavy atom. The van der Waals surface area contributed by atoms with E-state index < -0.39 is 0 Å². The van der Waals surface area contributed by atoms with Crippen LogP contribution in [0.3, 0.4) is 0 Å². The van der Waals surface area contributed by atoms with Gasteiger partial charge in [0.2, 0.25) is 0 Å². The Morgan fingerprint density at radius 3 is 2.57 bits per heavy atom. The third kappa shape index (κ3) is 2.54. The number of pyridine rings is 1. The highest BCUT2D eigenvalue weighted by Gasteiger charge is 2.03. The van der Waals surface area contributed by atoms with Crippen LogP contribution in [-0.2, 0) is 0 Å². The van der Waals surface area contributed by atoms with E-state index in [1.165, 1.54) is 5.56 Å². The number of halogens is 1. The highest BCUT2D eigenvalue weighted by molar-refractivity contribution is 9.10. The minimum atomic E-state index is 0.777. The van der Waals surface area contributed by atoms with Gasteiger partial charge >= 0.3 is 0 Å². The summed E-state index contributed by atoms with van der Waals surface area (Å²) in [5.74, 6) is 0.777. The maximum atomic E-state index is 4.28. The van der Waals surface area contributed by atoms with E-state index in [1.807, 2.05) is 25.9 Å². The summed E-state index contributed by atoms with van der Waals surface area (Å²) in [7, 11) is 3.87. The van der Waals surface area contributed by atoms with Crippen molar-refractivity contribution in [3.8, 4) is 0 Å². The summed E-state index contributed by atoms with van der Waals surface area (Å²) in [5.41, 5.74) is 2.29. The number of hydrogen-bond donors (Lipinski definition) is 0. The van der Waals surface area contributed by atoms with Gasteiger partial charge in [-0.3, -0.25) is 0 Å². The predicted molar refractivity (Wildman–Crippen MR) is 63.3 cm³/mol. The molecule has 0 aliphatic rings. The molecule has 1 aromatic heterocycles. The maximum Gasteiger partial charge on any atom is 0.156 e. The molecule has 0 saturated carbocycles. The fraction of sp³-hybridized carbons (Fsp3) is 0.400. The Hall–Kier alpha value is -0.900. The molecule has 0 aliphatic heterocycles. The molecule has 0 spiro atoms. The average Bonchev–Trinajstić information content (AvgIpc) is 2.13. The Morgan fingerprint density at radius 2 is 2.00 bits per heavy atom. The molecule has 0 atom stereocenters. The van der Waals surface area contributed by atoms with Crippen molar-refractivity contribution < 1.29 is 0 Å². The monoisotopic (exact) mass is 255 g/mol. The van der Waals surface area contributed by atoms with Crippen LogP contribution in [0, 0.1) is 13.8 Å². The molecule has 0 aromatic carbocycles. The van der Waals surface area contributed by atoms with Crippen LogP contribution in [0.4, 0.5) is 5.82 Å². The highest BCUT2D eigenvalue weighted by atomic mass is 79.9. The van der Waals surface area contributed by atoms with Gasteiger partial charge in [-0.05, 0) is 40.9 Å². The Kier molecular flexibility index (Phi) is 3.63. The van der Waals surface area contributed by atoms with Crippen molar-refractivity contribution in [2.24, 2.45) is 4.99 Å². The van der Waals surface area contributed by atoms with Gasteiger partial charge < -0.3 is 4.90 Å². The lowest BCUT2D eigenvalue weighted by molar-refractivity contribution is 0.643. The van der Waals surface area contributed by atoms with Crippen molar-refractivity contribution in [3.05, 3.63) is 21.8 Å². The number of nitrogens with zero attached hydrogens (tertiary/aromatic N) is 3. The van der Waals surface area contributed by atoms with E-state index in [9.17, 15) is 0 Å². The van der Waals surface area contributed by atoms with Crippen molar-refractivity contribution in [1.29, 1.82) is 0 Å². The van der Waals surface area contributed by atoms with E-state index in [1.54, 1.807) is 12.5 Å². The predicted octanol–water partition coefficient (Wildman–Crippen LogP) is 2.68. The van der Waals surface area contributed by atoms with Crippen LogP contribution >= 0.6 is 15.9 Å². The van der Waals surface area contributed by atoms with Gasteiger partial charge in [0.15, 0.2) is 5.82 Å². The van der Waals surface area contributed by atoms with Gasteiger partial charge in [0.25, 0.3) is 0 Å². The van der Waals surface area contributed by atoms with E-state index in [0.29, 0.717) is 0 Å². The number of aliphatic imine (C=N–C) groups is 1. The van der Waals surface area contributed by atoms with Crippen molar-refractivity contribution in [3.63, 3.8) is 0 Å². The first-order chi connectivity index (χ1) is 6.52. The first-order valence-electron chi connectivity index (χ1n) is 4.34. The normalized spacial score (nSPS) is 10.9. The maximum absolute atomic E-state index is 4.28. The molecule has 0 bridgehead atoms. The van der Waals surface area contributed by atoms with Crippen molar-refractivity contribution in [2.75, 3.05) is 14.1 Å². The second-order valence-electron chi connectivity index (χ2n) is 3.39. The lowest BCUT2D eigenvalue weighted by atomic mass is 10.2. The zero-order valence-electron chi connectivity index (χ0n) is 8.87. The lowest BCUT2D eigenvalue weighted by Crippen LogP contribution is -2.07. The molecule has 76 valence electrons. The van der Waals surface area contributed by atoms with Crippen LogP contribution in [0.2, 0.25) is 0 Å². The molecule has 1 heterocycles. The number of hydrogen-bond acceptors (Lipinski definition) is 2. The fourth-order valence-corrected chi connectivity index (χ4v) is 1.36. The molecule has 0 fully saturated rings. The van der Waals surface area contributed by atoms with Gasteiger partial charge in [-0.15, -0.1) is 0 Å². The van der Waals surface area contributed by atoms with Crippen LogP contribution in [0.15, 0.2) is 15.7 Å². The Balaban J connectivity index is 3.06. The Bertz CT molecular complexity index is 359. The molecular weight excluding hydrogens is 242 g/mol. The summed E-state index contributed by atoms with van der Waals surface area (Å²) < 4.78 is 1.03. The lowest BCUT2D eigenvalue weighted by Gasteiger charge is -2.06. The van der Waals surface area contributed by atoms with Crippen LogP contribution < -0.4 is 0 Å². The fourth-order valence-electron chi connectivity index (χ4n) is 0.959. The summed E-state index contributed by atoms with van der Waals surface area (Å²) in [6.45, 7) is 4.07. The summed E-state index contributed by atoms with van der Waals surface area (Å²) in [5, 5.41) is 0. The standard InChI is InChI=1S/C10H14BrN3/c1-7-8(2)10(12-5-9(7)11)13-6-14(3)4/h5-6H,1-4H3. The number of aromatic nitrogens is 1. The molecule has 0 amide bonds. The quantitative estimate of drug-likeness (QED) is 0.601. The summed E-state index contributed by atoms with van der Waals surface area (Å²) in [6.07, 6.45) is 3.54. The largest absolute Gasteiger partial charge is 0.369 e. The minimum Gasteiger partial charge on any atom is -0.369 e. The molecule has 0 radical (unpaired) electrons. The average molecular weight is 256 g/mol. The zero-order chi connectivity index (χ0) is 10.7. The van der Waals surface area contributed by atoms with Gasteiger partial charge in [0.05, 0.1) is 6.34 Å². The van der Waals surface area contributed by atoms with Crippen molar-refractivity contribution in [1.82, 2.24) is 9.88 Å². The van der Waals surface area contributed by atoms with Gasteiger partial charge in [0.1, 0.15) is 0 Å². The van der Waals surface area contributed by atoms with Crippen LogP contribution in [0.25, 0.3) is 0 Å². The van der Waals surface area contributed by atoms with Gasteiger partial charge in [-0.2, -0.15) is 0 Å². The summed E-state index contributed by atoms with van der Waals surface area (Å²) in [4.78, 5) is 10.4. The first-order valence-corrected chi connectivity index (χ1v) is 5.14. The first kappa shape index (κ1) is 11.2. The highest BCUT2D eigenvalue weighted by Crippen LogP contribution is 2.24. The van der Waals surface area contributed by atoms with Crippen LogP contribution in [0.5, 0.6) is 0 Å². The van der Waals surface area contributed by atoms with Crippen molar-refractivity contribution in [2.45, 2.75) is 13.8 Å². The third-order valence-corrected chi connectivity index (χ3v) is 2.77. The van der Waals surface area contributed by atoms with Gasteiger partial charge in [0, 0.05) is 24.8 Å². The topological polar surface area (TPSA) is 28.5 Å². The molecule has 0 aliphatic carbocycles. The smallest absolute Gasteiger partial charge is 0.156 e. The molecule has 0 saturated heterocycles. The van der Waals surface area contributed by atoms with Crippen molar-refractivity contribution >= 4 is 28.1 Å². The zero-order valence-corrected chi connectivity index (χ0v) is 10.5. The van der Waals surface area contributed by atoms with Crippen LogP contribution in [-0.4, -0.2) is 30.3 Å². The summed E-state index contributed by atoms with van der Waals surface area (Å²) in [6, 6.07) is 0. The molecule has 1 rings (SSSR count). The van der Waals surface area contributed by atoms with E-state index in [2.05, 4.69) is 32.8 Å². The summed E-state index contributed by atoms with van der Waals surface area (Å²) >= 11 is 3.44. The number of rotatable bonds is 2. The SMILES string of the molecule is Cc1c(Br)cnc(N=CN(C)C)c1C. The molecule has 3 nitrogen and oxygen atoms in total. The second kappa shape index (κ2) is 4.55. The molecule has 4 heteroatoms. The van der Waals surface area contributed by atoms with Crippen LogP contribution in [0.1, 0.15) is 11.1 Å². The molecule has 14 heavy (non-hydrogen) atoms. The van der Waals surface area contributed by atoms with E-state index in [0.717, 1.165) is 15.9 Å². The Labute approximate surface area is 93.0 Å². The van der Waals surface area contributed by atoms with E-state index in [-0.39, 0.29) is 0 Å². The second-order valence-corrected chi connectivity index (χ2v) is 4.24. The van der Waals surface area contributed by atoms with Gasteiger partial charge in [-0.25, -0.2) is 9.98 Å². The third-order valence-electron chi connectivity index (χ3n) is 1.97.